The number of piperidine rings is 1. The van der Waals surface area contributed by atoms with Crippen LogP contribution in [-0.4, -0.2) is 41.9 Å². The van der Waals surface area contributed by atoms with Crippen molar-refractivity contribution in [1.29, 1.82) is 0 Å². The molecule has 0 bridgehead atoms. The summed E-state index contributed by atoms with van der Waals surface area (Å²) in [6.07, 6.45) is 2.90. The van der Waals surface area contributed by atoms with Gasteiger partial charge in [-0.3, -0.25) is 14.9 Å². The van der Waals surface area contributed by atoms with E-state index in [4.69, 9.17) is 0 Å². The highest BCUT2D eigenvalue weighted by Crippen LogP contribution is 2.16. The van der Waals surface area contributed by atoms with Crippen LogP contribution in [-0.2, 0) is 11.2 Å². The summed E-state index contributed by atoms with van der Waals surface area (Å²) < 4.78 is 0. The quantitative estimate of drug-likeness (QED) is 0.664. The van der Waals surface area contributed by atoms with Crippen LogP contribution in [0.5, 0.6) is 0 Å². The van der Waals surface area contributed by atoms with Gasteiger partial charge < -0.3 is 10.2 Å². The third-order valence-electron chi connectivity index (χ3n) is 4.00. The normalized spacial score (nSPS) is 15.0. The number of hydrogen-bond acceptors (Lipinski definition) is 4. The van der Waals surface area contributed by atoms with Gasteiger partial charge in [-0.05, 0) is 37.9 Å². The first-order valence-corrected chi connectivity index (χ1v) is 7.27. The Labute approximate surface area is 136 Å². The van der Waals surface area contributed by atoms with Crippen LogP contribution in [0, 0.1) is 10.1 Å². The monoisotopic (exact) mass is 327 g/mol. The van der Waals surface area contributed by atoms with Gasteiger partial charge in [0.1, 0.15) is 0 Å². The fraction of sp³-hybridized carbons (Fsp3) is 0.533. The van der Waals surface area contributed by atoms with Gasteiger partial charge in [0.25, 0.3) is 5.69 Å². The smallest absolute Gasteiger partial charge is 0.269 e. The number of aryl methyl sites for hydroxylation is 1. The van der Waals surface area contributed by atoms with E-state index < -0.39 is 4.92 Å². The summed E-state index contributed by atoms with van der Waals surface area (Å²) in [6, 6.07) is 6.80. The van der Waals surface area contributed by atoms with E-state index in [2.05, 4.69) is 5.32 Å². The van der Waals surface area contributed by atoms with Crippen molar-refractivity contribution < 1.29 is 9.72 Å². The molecule has 1 N–H and O–H groups in total. The van der Waals surface area contributed by atoms with Gasteiger partial charge in [0.15, 0.2) is 0 Å². The molecule has 7 heteroatoms. The Morgan fingerprint density at radius 2 is 2.09 bits per heavy atom. The van der Waals surface area contributed by atoms with Crippen LogP contribution >= 0.6 is 12.4 Å². The minimum Gasteiger partial charge on any atom is -0.343 e. The minimum atomic E-state index is -0.410. The molecule has 1 fully saturated rings. The van der Waals surface area contributed by atoms with Gasteiger partial charge in [0.2, 0.25) is 5.91 Å². The number of nitro groups is 1. The van der Waals surface area contributed by atoms with Crippen molar-refractivity contribution in [2.45, 2.75) is 31.7 Å². The molecule has 1 aliphatic rings. The Morgan fingerprint density at radius 1 is 1.41 bits per heavy atom. The average Bonchev–Trinajstić information content (AvgIpc) is 2.53. The number of rotatable bonds is 5. The van der Waals surface area contributed by atoms with Gasteiger partial charge in [0.05, 0.1) is 4.92 Å². The summed E-state index contributed by atoms with van der Waals surface area (Å²) in [5.41, 5.74) is 0.905. The number of nitrogens with one attached hydrogen (secondary N) is 1. The number of amides is 1. The van der Waals surface area contributed by atoms with Crippen LogP contribution in [0.1, 0.15) is 24.8 Å². The molecule has 1 saturated heterocycles. The molecule has 0 radical (unpaired) electrons. The number of halogens is 1. The lowest BCUT2D eigenvalue weighted by molar-refractivity contribution is -0.384. The Balaban J connectivity index is 0.00000242. The molecule has 2 rings (SSSR count). The van der Waals surface area contributed by atoms with Gasteiger partial charge in [-0.1, -0.05) is 12.1 Å². The molecule has 6 nitrogen and oxygen atoms in total. The maximum atomic E-state index is 12.2. The molecular formula is C15H22ClN3O3. The zero-order chi connectivity index (χ0) is 15.2. The number of carbonyl (C=O) groups excluding carboxylic acids is 1. The number of carbonyl (C=O) groups is 1. The standard InChI is InChI=1S/C15H21N3O3.ClH/c1-17(13-7-9-16-10-8-13)15(19)6-5-12-3-2-4-14(11-12)18(20)21;/h2-4,11,13,16H,5-10H2,1H3;1H. The van der Waals surface area contributed by atoms with E-state index >= 15 is 0 Å². The lowest BCUT2D eigenvalue weighted by Crippen LogP contribution is -2.44. The number of nitrogens with zero attached hydrogens (tertiary/aromatic N) is 2. The molecule has 1 amide bonds. The zero-order valence-electron chi connectivity index (χ0n) is 12.7. The van der Waals surface area contributed by atoms with Crippen molar-refractivity contribution >= 4 is 24.0 Å². The Morgan fingerprint density at radius 3 is 2.73 bits per heavy atom. The third-order valence-corrected chi connectivity index (χ3v) is 4.00. The number of hydrogen-bond donors (Lipinski definition) is 1. The second kappa shape index (κ2) is 8.70. The molecule has 0 spiro atoms. The summed E-state index contributed by atoms with van der Waals surface area (Å²) in [5, 5.41) is 14.0. The summed E-state index contributed by atoms with van der Waals surface area (Å²) in [7, 11) is 1.85. The van der Waals surface area contributed by atoms with Crippen LogP contribution < -0.4 is 5.32 Å². The topological polar surface area (TPSA) is 75.5 Å². The molecule has 22 heavy (non-hydrogen) atoms. The summed E-state index contributed by atoms with van der Waals surface area (Å²) in [4.78, 5) is 24.4. The molecule has 1 aromatic carbocycles. The molecule has 0 aliphatic carbocycles. The van der Waals surface area contributed by atoms with Crippen molar-refractivity contribution in [3.8, 4) is 0 Å². The second-order valence-electron chi connectivity index (χ2n) is 5.41. The predicted molar refractivity (Wildman–Crippen MR) is 87.3 cm³/mol. The highest BCUT2D eigenvalue weighted by atomic mass is 35.5. The molecule has 0 saturated carbocycles. The average molecular weight is 328 g/mol. The Hall–Kier alpha value is -1.66. The Kier molecular flexibility index (Phi) is 7.27. The highest BCUT2D eigenvalue weighted by molar-refractivity contribution is 5.85. The molecule has 0 unspecified atom stereocenters. The van der Waals surface area contributed by atoms with Crippen molar-refractivity contribution in [1.82, 2.24) is 10.2 Å². The minimum absolute atomic E-state index is 0. The van der Waals surface area contributed by atoms with Crippen molar-refractivity contribution in [2.75, 3.05) is 20.1 Å². The lowest BCUT2D eigenvalue weighted by atomic mass is 10.0. The van der Waals surface area contributed by atoms with E-state index in [9.17, 15) is 14.9 Å². The fourth-order valence-corrected chi connectivity index (χ4v) is 2.65. The second-order valence-corrected chi connectivity index (χ2v) is 5.41. The molecular weight excluding hydrogens is 306 g/mol. The predicted octanol–water partition coefficient (Wildman–Crippen LogP) is 2.16. The van der Waals surface area contributed by atoms with Gasteiger partial charge in [-0.2, -0.15) is 0 Å². The van der Waals surface area contributed by atoms with Crippen LogP contribution in [0.15, 0.2) is 24.3 Å². The number of non-ortho nitro benzene ring substituents is 1. The first-order valence-electron chi connectivity index (χ1n) is 7.27. The zero-order valence-corrected chi connectivity index (χ0v) is 13.5. The van der Waals surface area contributed by atoms with Crippen LogP contribution in [0.2, 0.25) is 0 Å². The number of benzene rings is 1. The van der Waals surface area contributed by atoms with E-state index in [1.165, 1.54) is 12.1 Å². The van der Waals surface area contributed by atoms with Crippen LogP contribution in [0.25, 0.3) is 0 Å². The molecule has 122 valence electrons. The first-order chi connectivity index (χ1) is 10.1. The Bertz CT molecular complexity index is 519. The largest absolute Gasteiger partial charge is 0.343 e. The van der Waals surface area contributed by atoms with Gasteiger partial charge in [-0.25, -0.2) is 0 Å². The van der Waals surface area contributed by atoms with Crippen LogP contribution in [0.4, 0.5) is 5.69 Å². The maximum Gasteiger partial charge on any atom is 0.269 e. The van der Waals surface area contributed by atoms with E-state index in [1.54, 1.807) is 6.07 Å². The fourth-order valence-electron chi connectivity index (χ4n) is 2.65. The lowest BCUT2D eigenvalue weighted by Gasteiger charge is -2.31. The maximum absolute atomic E-state index is 12.2. The summed E-state index contributed by atoms with van der Waals surface area (Å²) >= 11 is 0. The van der Waals surface area contributed by atoms with Gasteiger partial charge in [-0.15, -0.1) is 12.4 Å². The third kappa shape index (κ3) is 4.96. The summed E-state index contributed by atoms with van der Waals surface area (Å²) in [5.74, 6) is 0.105. The number of nitro benzene ring substituents is 1. The van der Waals surface area contributed by atoms with E-state index in [1.807, 2.05) is 18.0 Å². The first kappa shape index (κ1) is 18.4. The molecule has 1 aliphatic heterocycles. The van der Waals surface area contributed by atoms with Gasteiger partial charge >= 0.3 is 0 Å². The molecule has 0 atom stereocenters. The van der Waals surface area contributed by atoms with Crippen molar-refractivity contribution in [3.63, 3.8) is 0 Å². The molecule has 1 heterocycles. The highest BCUT2D eigenvalue weighted by Gasteiger charge is 2.21. The summed E-state index contributed by atoms with van der Waals surface area (Å²) in [6.45, 7) is 1.90. The van der Waals surface area contributed by atoms with Crippen molar-refractivity contribution in [3.05, 3.63) is 39.9 Å². The molecule has 0 aromatic heterocycles. The SMILES string of the molecule is CN(C(=O)CCc1cccc([N+](=O)[O-])c1)C1CCNCC1.Cl. The van der Waals surface area contributed by atoms with E-state index in [0.717, 1.165) is 31.5 Å². The van der Waals surface area contributed by atoms with E-state index in [-0.39, 0.29) is 24.0 Å². The van der Waals surface area contributed by atoms with Crippen molar-refractivity contribution in [2.24, 2.45) is 0 Å². The van der Waals surface area contributed by atoms with E-state index in [0.29, 0.717) is 18.9 Å². The molecule has 1 aromatic rings. The van der Waals surface area contributed by atoms with Crippen LogP contribution in [0.3, 0.4) is 0 Å². The van der Waals surface area contributed by atoms with Gasteiger partial charge in [0, 0.05) is 31.6 Å².